The third-order valence-electron chi connectivity index (χ3n) is 4.09. The number of rotatable bonds is 2. The lowest BCUT2D eigenvalue weighted by Gasteiger charge is -2.21. The summed E-state index contributed by atoms with van der Waals surface area (Å²) < 4.78 is 23.7. The minimum absolute atomic E-state index is 0.0406. The molecule has 0 aromatic heterocycles. The van der Waals surface area contributed by atoms with Crippen molar-refractivity contribution in [3.63, 3.8) is 0 Å². The lowest BCUT2D eigenvalue weighted by molar-refractivity contribution is -0.123. The maximum Gasteiger partial charge on any atom is 0.266 e. The predicted molar refractivity (Wildman–Crippen MR) is 88.7 cm³/mol. The Labute approximate surface area is 134 Å². The number of carbonyl (C=O) groups excluding carboxylic acids is 1. The zero-order valence-electron chi connectivity index (χ0n) is 11.5. The quantitative estimate of drug-likeness (QED) is 0.437. The van der Waals surface area contributed by atoms with Gasteiger partial charge in [0.2, 0.25) is 0 Å². The molecule has 1 aliphatic carbocycles. The summed E-state index contributed by atoms with van der Waals surface area (Å²) in [6.07, 6.45) is 9.89. The van der Waals surface area contributed by atoms with Crippen LogP contribution in [0.5, 0.6) is 0 Å². The van der Waals surface area contributed by atoms with Gasteiger partial charge in [-0.1, -0.05) is 42.2 Å². The molecule has 0 N–H and O–H groups in total. The molecule has 2 aliphatic heterocycles. The summed E-state index contributed by atoms with van der Waals surface area (Å²) in [4.78, 5) is 14.7. The maximum absolute atomic E-state index is 12.5. The molecule has 3 aliphatic rings. The molecule has 0 spiro atoms. The SMILES string of the molecule is O=C1/C(=C/[C@@H]2CC=CCC2)SC(=S)N1[C@@H]1CCS(=O)(=O)C1. The molecule has 0 aromatic carbocycles. The van der Waals surface area contributed by atoms with Gasteiger partial charge in [0.05, 0.1) is 22.5 Å². The summed E-state index contributed by atoms with van der Waals surface area (Å²) in [6, 6.07) is -0.278. The van der Waals surface area contributed by atoms with Crippen LogP contribution in [-0.2, 0) is 14.6 Å². The van der Waals surface area contributed by atoms with E-state index in [1.54, 1.807) is 0 Å². The third kappa shape index (κ3) is 3.24. The average molecular weight is 343 g/mol. The molecule has 4 nitrogen and oxygen atoms in total. The third-order valence-corrected chi connectivity index (χ3v) is 7.19. The Balaban J connectivity index is 1.76. The summed E-state index contributed by atoms with van der Waals surface area (Å²) in [5, 5.41) is 0. The molecule has 0 unspecified atom stereocenters. The molecular formula is C14H17NO3S3. The fourth-order valence-electron chi connectivity index (χ4n) is 2.97. The number of carbonyl (C=O) groups is 1. The minimum atomic E-state index is -3.02. The first-order chi connectivity index (χ1) is 9.96. The molecule has 21 heavy (non-hydrogen) atoms. The molecule has 0 saturated carbocycles. The first-order valence-corrected chi connectivity index (χ1v) is 10.1. The van der Waals surface area contributed by atoms with Gasteiger partial charge in [0.15, 0.2) is 9.84 Å². The fraction of sp³-hybridized carbons (Fsp3) is 0.571. The Morgan fingerprint density at radius 1 is 1.33 bits per heavy atom. The van der Waals surface area contributed by atoms with Gasteiger partial charge in [-0.05, 0) is 31.6 Å². The lowest BCUT2D eigenvalue weighted by Crippen LogP contribution is -2.39. The number of sulfone groups is 1. The van der Waals surface area contributed by atoms with Crippen molar-refractivity contribution in [2.75, 3.05) is 11.5 Å². The highest BCUT2D eigenvalue weighted by molar-refractivity contribution is 8.26. The van der Waals surface area contributed by atoms with Gasteiger partial charge in [-0.15, -0.1) is 0 Å². The van der Waals surface area contributed by atoms with E-state index < -0.39 is 9.84 Å². The minimum Gasteiger partial charge on any atom is -0.289 e. The van der Waals surface area contributed by atoms with E-state index in [1.807, 2.05) is 6.08 Å². The van der Waals surface area contributed by atoms with Crippen LogP contribution in [0, 0.1) is 5.92 Å². The smallest absolute Gasteiger partial charge is 0.266 e. The van der Waals surface area contributed by atoms with E-state index in [-0.39, 0.29) is 23.5 Å². The molecule has 114 valence electrons. The largest absolute Gasteiger partial charge is 0.289 e. The Morgan fingerprint density at radius 3 is 2.76 bits per heavy atom. The molecule has 7 heteroatoms. The Hall–Kier alpha value is -0.660. The number of hydrogen-bond acceptors (Lipinski definition) is 5. The first-order valence-electron chi connectivity index (χ1n) is 7.09. The van der Waals surface area contributed by atoms with E-state index in [1.165, 1.54) is 16.7 Å². The zero-order valence-corrected chi connectivity index (χ0v) is 14.0. The monoisotopic (exact) mass is 343 g/mol. The van der Waals surface area contributed by atoms with Crippen molar-refractivity contribution >= 4 is 44.0 Å². The zero-order chi connectivity index (χ0) is 15.0. The highest BCUT2D eigenvalue weighted by Crippen LogP contribution is 2.37. The van der Waals surface area contributed by atoms with Gasteiger partial charge in [0, 0.05) is 0 Å². The van der Waals surface area contributed by atoms with Crippen LogP contribution in [0.3, 0.4) is 0 Å². The van der Waals surface area contributed by atoms with Crippen molar-refractivity contribution in [2.45, 2.75) is 31.7 Å². The van der Waals surface area contributed by atoms with Crippen LogP contribution in [0.2, 0.25) is 0 Å². The topological polar surface area (TPSA) is 54.5 Å². The lowest BCUT2D eigenvalue weighted by atomic mass is 9.94. The molecule has 2 fully saturated rings. The normalized spacial score (nSPS) is 34.1. The number of allylic oxidation sites excluding steroid dienone is 3. The Morgan fingerprint density at radius 2 is 2.14 bits per heavy atom. The van der Waals surface area contributed by atoms with Crippen molar-refractivity contribution in [3.8, 4) is 0 Å². The van der Waals surface area contributed by atoms with Crippen molar-refractivity contribution < 1.29 is 13.2 Å². The van der Waals surface area contributed by atoms with Crippen LogP contribution in [0.4, 0.5) is 0 Å². The summed E-state index contributed by atoms with van der Waals surface area (Å²) in [6.45, 7) is 0. The predicted octanol–water partition coefficient (Wildman–Crippen LogP) is 2.27. The van der Waals surface area contributed by atoms with Gasteiger partial charge in [0.25, 0.3) is 5.91 Å². The van der Waals surface area contributed by atoms with Crippen LogP contribution in [-0.4, -0.2) is 41.1 Å². The van der Waals surface area contributed by atoms with Gasteiger partial charge < -0.3 is 0 Å². The highest BCUT2D eigenvalue weighted by Gasteiger charge is 2.42. The number of nitrogens with zero attached hydrogens (tertiary/aromatic N) is 1. The van der Waals surface area contributed by atoms with E-state index in [2.05, 4.69) is 12.2 Å². The van der Waals surface area contributed by atoms with E-state index in [9.17, 15) is 13.2 Å². The van der Waals surface area contributed by atoms with Crippen molar-refractivity contribution in [2.24, 2.45) is 5.92 Å². The Bertz CT molecular complexity index is 636. The number of thiocarbonyl (C=S) groups is 1. The van der Waals surface area contributed by atoms with Crippen LogP contribution in [0.25, 0.3) is 0 Å². The van der Waals surface area contributed by atoms with Gasteiger partial charge in [-0.25, -0.2) is 8.42 Å². The van der Waals surface area contributed by atoms with Crippen LogP contribution in [0.15, 0.2) is 23.1 Å². The van der Waals surface area contributed by atoms with Crippen molar-refractivity contribution in [3.05, 3.63) is 23.1 Å². The van der Waals surface area contributed by atoms with E-state index in [0.717, 1.165) is 19.3 Å². The molecule has 0 bridgehead atoms. The van der Waals surface area contributed by atoms with Gasteiger partial charge >= 0.3 is 0 Å². The van der Waals surface area contributed by atoms with Gasteiger partial charge in [-0.3, -0.25) is 9.69 Å². The van der Waals surface area contributed by atoms with Gasteiger partial charge in [-0.2, -0.15) is 0 Å². The second kappa shape index (κ2) is 5.85. The summed E-state index contributed by atoms with van der Waals surface area (Å²) in [5.74, 6) is 0.471. The van der Waals surface area contributed by atoms with E-state index in [0.29, 0.717) is 21.6 Å². The summed E-state index contributed by atoms with van der Waals surface area (Å²) >= 11 is 6.60. The summed E-state index contributed by atoms with van der Waals surface area (Å²) in [7, 11) is -3.02. The molecule has 2 atom stereocenters. The van der Waals surface area contributed by atoms with Crippen molar-refractivity contribution in [1.29, 1.82) is 0 Å². The maximum atomic E-state index is 12.5. The van der Waals surface area contributed by atoms with E-state index >= 15 is 0 Å². The second-order valence-corrected chi connectivity index (χ2v) is 9.58. The number of hydrogen-bond donors (Lipinski definition) is 0. The van der Waals surface area contributed by atoms with E-state index in [4.69, 9.17) is 12.2 Å². The highest BCUT2D eigenvalue weighted by atomic mass is 32.2. The molecule has 2 saturated heterocycles. The first kappa shape index (κ1) is 15.2. The molecule has 1 amide bonds. The van der Waals surface area contributed by atoms with Gasteiger partial charge in [0.1, 0.15) is 4.32 Å². The Kier molecular flexibility index (Phi) is 4.25. The van der Waals surface area contributed by atoms with Crippen LogP contribution >= 0.6 is 24.0 Å². The summed E-state index contributed by atoms with van der Waals surface area (Å²) in [5.41, 5.74) is 0. The number of thioether (sulfide) groups is 1. The fourth-order valence-corrected chi connectivity index (χ4v) is 6.14. The second-order valence-electron chi connectivity index (χ2n) is 5.68. The molecule has 2 heterocycles. The molecule has 0 aromatic rings. The van der Waals surface area contributed by atoms with Crippen LogP contribution < -0.4 is 0 Å². The number of amides is 1. The average Bonchev–Trinajstić information content (AvgIpc) is 2.91. The van der Waals surface area contributed by atoms with Crippen LogP contribution in [0.1, 0.15) is 25.7 Å². The molecule has 0 radical (unpaired) electrons. The standard InChI is InChI=1S/C14H17NO3S3/c16-13-12(8-10-4-2-1-3-5-10)20-14(19)15(13)11-6-7-21(17,18)9-11/h1-2,8,10-11H,3-7,9H2/b12-8-/t10-,11-/m1/s1. The molecule has 3 rings (SSSR count). The van der Waals surface area contributed by atoms with Crippen molar-refractivity contribution in [1.82, 2.24) is 4.90 Å². The molecular weight excluding hydrogens is 326 g/mol.